The number of hydrogen-bond donors (Lipinski definition) is 0. The fraction of sp³-hybridized carbons (Fsp3) is 0.600. The number of furan rings is 1. The second kappa shape index (κ2) is 6.04. The van der Waals surface area contributed by atoms with Crippen LogP contribution in [0, 0.1) is 12.8 Å². The SMILES string of the molecule is Cc1ccc(CCN(C)C(=O)C2CCC(=O)CC2)o1. The van der Waals surface area contributed by atoms with Gasteiger partial charge in [-0.2, -0.15) is 0 Å². The Morgan fingerprint density at radius 2 is 2.05 bits per heavy atom. The van der Waals surface area contributed by atoms with Crippen LogP contribution in [0.4, 0.5) is 0 Å². The highest BCUT2D eigenvalue weighted by atomic mass is 16.3. The van der Waals surface area contributed by atoms with Crippen LogP contribution in [-0.4, -0.2) is 30.2 Å². The molecule has 0 atom stereocenters. The molecule has 1 aromatic heterocycles. The van der Waals surface area contributed by atoms with Gasteiger partial charge in [0.1, 0.15) is 17.3 Å². The van der Waals surface area contributed by atoms with Crippen molar-refractivity contribution in [2.75, 3.05) is 13.6 Å². The molecule has 4 nitrogen and oxygen atoms in total. The van der Waals surface area contributed by atoms with Gasteiger partial charge < -0.3 is 9.32 Å². The molecule has 0 spiro atoms. The molecule has 1 saturated carbocycles. The maximum absolute atomic E-state index is 12.2. The fourth-order valence-corrected chi connectivity index (χ4v) is 2.51. The molecule has 4 heteroatoms. The summed E-state index contributed by atoms with van der Waals surface area (Å²) in [6.07, 6.45) is 3.27. The van der Waals surface area contributed by atoms with Gasteiger partial charge in [0.05, 0.1) is 0 Å². The lowest BCUT2D eigenvalue weighted by atomic mass is 9.87. The Hall–Kier alpha value is -1.58. The van der Waals surface area contributed by atoms with E-state index >= 15 is 0 Å². The third kappa shape index (κ3) is 3.69. The molecule has 0 radical (unpaired) electrons. The highest BCUT2D eigenvalue weighted by Gasteiger charge is 2.26. The molecule has 2 rings (SSSR count). The summed E-state index contributed by atoms with van der Waals surface area (Å²) < 4.78 is 5.49. The molecule has 19 heavy (non-hydrogen) atoms. The van der Waals surface area contributed by atoms with E-state index in [1.807, 2.05) is 26.1 Å². The van der Waals surface area contributed by atoms with Crippen LogP contribution in [0.15, 0.2) is 16.5 Å². The van der Waals surface area contributed by atoms with Crippen molar-refractivity contribution in [2.45, 2.75) is 39.0 Å². The average Bonchev–Trinajstić information content (AvgIpc) is 2.82. The van der Waals surface area contributed by atoms with Crippen LogP contribution in [-0.2, 0) is 16.0 Å². The van der Waals surface area contributed by atoms with Crippen molar-refractivity contribution in [2.24, 2.45) is 5.92 Å². The lowest BCUT2D eigenvalue weighted by Crippen LogP contribution is -2.36. The summed E-state index contributed by atoms with van der Waals surface area (Å²) >= 11 is 0. The van der Waals surface area contributed by atoms with Crippen LogP contribution in [0.25, 0.3) is 0 Å². The molecule has 0 aromatic carbocycles. The zero-order valence-electron chi connectivity index (χ0n) is 11.6. The molecule has 1 aromatic rings. The van der Waals surface area contributed by atoms with Gasteiger partial charge in [-0.15, -0.1) is 0 Å². The maximum atomic E-state index is 12.2. The molecule has 104 valence electrons. The first-order valence-corrected chi connectivity index (χ1v) is 6.88. The van der Waals surface area contributed by atoms with E-state index < -0.39 is 0 Å². The second-order valence-electron chi connectivity index (χ2n) is 5.34. The first-order chi connectivity index (χ1) is 9.06. The van der Waals surface area contributed by atoms with Crippen LogP contribution in [0.5, 0.6) is 0 Å². The van der Waals surface area contributed by atoms with Gasteiger partial charge in [-0.3, -0.25) is 9.59 Å². The smallest absolute Gasteiger partial charge is 0.225 e. The summed E-state index contributed by atoms with van der Waals surface area (Å²) in [6.45, 7) is 2.58. The minimum absolute atomic E-state index is 0.0287. The number of nitrogens with zero attached hydrogens (tertiary/aromatic N) is 1. The van der Waals surface area contributed by atoms with Crippen molar-refractivity contribution >= 4 is 11.7 Å². The van der Waals surface area contributed by atoms with Crippen LogP contribution < -0.4 is 0 Å². The Kier molecular flexibility index (Phi) is 4.40. The summed E-state index contributed by atoms with van der Waals surface area (Å²) in [4.78, 5) is 25.2. The molecular weight excluding hydrogens is 242 g/mol. The van der Waals surface area contributed by atoms with Gasteiger partial charge in [0, 0.05) is 38.8 Å². The predicted octanol–water partition coefficient (Wildman–Crippen LogP) is 2.35. The van der Waals surface area contributed by atoms with E-state index in [2.05, 4.69) is 0 Å². The topological polar surface area (TPSA) is 50.5 Å². The number of ketones is 1. The van der Waals surface area contributed by atoms with E-state index in [4.69, 9.17) is 4.42 Å². The molecule has 1 fully saturated rings. The predicted molar refractivity (Wildman–Crippen MR) is 71.8 cm³/mol. The summed E-state index contributed by atoms with van der Waals surface area (Å²) in [7, 11) is 1.83. The van der Waals surface area contributed by atoms with Gasteiger partial charge in [0.2, 0.25) is 5.91 Å². The lowest BCUT2D eigenvalue weighted by Gasteiger charge is -2.25. The van der Waals surface area contributed by atoms with Gasteiger partial charge in [0.15, 0.2) is 0 Å². The second-order valence-corrected chi connectivity index (χ2v) is 5.34. The highest BCUT2D eigenvalue weighted by molar-refractivity contribution is 5.84. The summed E-state index contributed by atoms with van der Waals surface area (Å²) in [5, 5.41) is 0. The van der Waals surface area contributed by atoms with E-state index in [0.29, 0.717) is 32.2 Å². The van der Waals surface area contributed by atoms with E-state index in [-0.39, 0.29) is 17.6 Å². The van der Waals surface area contributed by atoms with E-state index in [9.17, 15) is 9.59 Å². The zero-order valence-corrected chi connectivity index (χ0v) is 11.6. The van der Waals surface area contributed by atoms with Crippen molar-refractivity contribution in [3.05, 3.63) is 23.7 Å². The lowest BCUT2D eigenvalue weighted by molar-refractivity contribution is -0.136. The van der Waals surface area contributed by atoms with Gasteiger partial charge in [-0.1, -0.05) is 0 Å². The van der Waals surface area contributed by atoms with Crippen molar-refractivity contribution in [3.8, 4) is 0 Å². The zero-order chi connectivity index (χ0) is 13.8. The summed E-state index contributed by atoms with van der Waals surface area (Å²) in [6, 6.07) is 3.89. The number of amides is 1. The highest BCUT2D eigenvalue weighted by Crippen LogP contribution is 2.23. The van der Waals surface area contributed by atoms with Gasteiger partial charge in [-0.25, -0.2) is 0 Å². The number of likely N-dealkylation sites (N-methyl/N-ethyl adjacent to an activating group) is 1. The maximum Gasteiger partial charge on any atom is 0.225 e. The number of Topliss-reactive ketones (excluding diaryl/α,β-unsaturated/α-hetero) is 1. The minimum Gasteiger partial charge on any atom is -0.466 e. The number of carbonyl (C=O) groups is 2. The van der Waals surface area contributed by atoms with E-state index in [1.54, 1.807) is 4.90 Å². The van der Waals surface area contributed by atoms with Crippen LogP contribution >= 0.6 is 0 Å². The molecule has 0 aliphatic heterocycles. The van der Waals surface area contributed by atoms with E-state index in [0.717, 1.165) is 17.9 Å². The largest absolute Gasteiger partial charge is 0.466 e. The molecule has 1 aliphatic rings. The number of carbonyl (C=O) groups excluding carboxylic acids is 2. The third-order valence-electron chi connectivity index (χ3n) is 3.76. The first kappa shape index (κ1) is 13.8. The molecule has 0 N–H and O–H groups in total. The Balaban J connectivity index is 1.80. The number of aryl methyl sites for hydroxylation is 1. The molecular formula is C15H21NO3. The minimum atomic E-state index is 0.0287. The Morgan fingerprint density at radius 1 is 1.37 bits per heavy atom. The standard InChI is InChI=1S/C15H21NO3/c1-11-3-8-14(19-11)9-10-16(2)15(18)12-4-6-13(17)7-5-12/h3,8,12H,4-7,9-10H2,1-2H3. The number of rotatable bonds is 4. The van der Waals surface area contributed by atoms with Gasteiger partial charge >= 0.3 is 0 Å². The fourth-order valence-electron chi connectivity index (χ4n) is 2.51. The van der Waals surface area contributed by atoms with Crippen LogP contribution in [0.3, 0.4) is 0 Å². The Morgan fingerprint density at radius 3 is 2.63 bits per heavy atom. The average molecular weight is 263 g/mol. The van der Waals surface area contributed by atoms with Crippen LogP contribution in [0.1, 0.15) is 37.2 Å². The first-order valence-electron chi connectivity index (χ1n) is 6.88. The molecule has 0 saturated heterocycles. The monoisotopic (exact) mass is 263 g/mol. The van der Waals surface area contributed by atoms with E-state index in [1.165, 1.54) is 0 Å². The molecule has 1 heterocycles. The van der Waals surface area contributed by atoms with Crippen molar-refractivity contribution in [1.29, 1.82) is 0 Å². The van der Waals surface area contributed by atoms with Crippen LogP contribution in [0.2, 0.25) is 0 Å². The molecule has 1 amide bonds. The van der Waals surface area contributed by atoms with Crippen molar-refractivity contribution < 1.29 is 14.0 Å². The Bertz CT molecular complexity index is 454. The van der Waals surface area contributed by atoms with Gasteiger partial charge in [0.25, 0.3) is 0 Å². The number of hydrogen-bond acceptors (Lipinski definition) is 3. The quantitative estimate of drug-likeness (QED) is 0.838. The summed E-state index contributed by atoms with van der Waals surface area (Å²) in [5.41, 5.74) is 0. The van der Waals surface area contributed by atoms with Crippen molar-refractivity contribution in [1.82, 2.24) is 4.90 Å². The van der Waals surface area contributed by atoms with Crippen molar-refractivity contribution in [3.63, 3.8) is 0 Å². The van der Waals surface area contributed by atoms with Gasteiger partial charge in [-0.05, 0) is 31.9 Å². The third-order valence-corrected chi connectivity index (χ3v) is 3.76. The molecule has 1 aliphatic carbocycles. The molecule has 0 bridgehead atoms. The Labute approximate surface area is 113 Å². The summed E-state index contributed by atoms with van der Waals surface area (Å²) in [5.74, 6) is 2.29. The normalized spacial score (nSPS) is 16.6. The molecule has 0 unspecified atom stereocenters.